The minimum atomic E-state index is -1.68. The molecule has 3 aromatic heterocycles. The topological polar surface area (TPSA) is 151 Å². The van der Waals surface area contributed by atoms with Gasteiger partial charge in [-0.1, -0.05) is 60.1 Å². The van der Waals surface area contributed by atoms with E-state index in [0.717, 1.165) is 36.6 Å². The number of hydrogen-bond donors (Lipinski definition) is 1. The lowest BCUT2D eigenvalue weighted by Gasteiger charge is -2.35. The Morgan fingerprint density at radius 1 is 0.879 bits per heavy atom. The average Bonchev–Trinajstić information content (AvgIpc) is 3.74. The molecule has 17 heteroatoms. The van der Waals surface area contributed by atoms with E-state index in [2.05, 4.69) is 19.9 Å². The number of aliphatic carboxylic acids is 1. The van der Waals surface area contributed by atoms with E-state index >= 15 is 0 Å². The quantitative estimate of drug-likeness (QED) is 0.0871. The second-order valence-electron chi connectivity index (χ2n) is 15.5. The van der Waals surface area contributed by atoms with Crippen LogP contribution in [-0.4, -0.2) is 108 Å². The number of ether oxygens (including phenoxy) is 5. The summed E-state index contributed by atoms with van der Waals surface area (Å²) in [6, 6.07) is 26.0. The first-order chi connectivity index (χ1) is 32.0. The van der Waals surface area contributed by atoms with Gasteiger partial charge in [0.1, 0.15) is 53.0 Å². The first kappa shape index (κ1) is 46.3. The number of nitrogens with zero attached hydrogens (tertiary/aromatic N) is 6. The number of rotatable bonds is 18. The lowest BCUT2D eigenvalue weighted by atomic mass is 9.88. The van der Waals surface area contributed by atoms with Gasteiger partial charge in [0, 0.05) is 62.0 Å². The van der Waals surface area contributed by atoms with Gasteiger partial charge in [0.2, 0.25) is 12.0 Å². The molecule has 0 aliphatic carbocycles. The zero-order chi connectivity index (χ0) is 46.4. The molecule has 7 aromatic rings. The highest BCUT2D eigenvalue weighted by molar-refractivity contribution is 7.22. The first-order valence-electron chi connectivity index (χ1n) is 21.1. The summed E-state index contributed by atoms with van der Waals surface area (Å²) < 4.78 is 45.1. The second-order valence-corrected chi connectivity index (χ2v) is 16.9. The molecule has 8 rings (SSSR count). The van der Waals surface area contributed by atoms with E-state index in [1.54, 1.807) is 69.8 Å². The SMILES string of the molecule is COc1ccccc1-c1nccc(COc2ccccc2C(C)(OC)[C@@H](Oc2ncnc3sc(-c4ccc(F)cc4)c(-c4ccc(OCCN5CCN(OC)CC5)c(Cl)c4C)c23)C(=O)O)n1. The number of benzene rings is 4. The predicted octanol–water partition coefficient (Wildman–Crippen LogP) is 9.12. The summed E-state index contributed by atoms with van der Waals surface area (Å²) in [5, 5.41) is 13.8. The smallest absolute Gasteiger partial charge is 0.348 e. The number of hydroxylamine groups is 2. The Labute approximate surface area is 390 Å². The molecule has 14 nitrogen and oxygen atoms in total. The van der Waals surface area contributed by atoms with Crippen LogP contribution < -0.4 is 18.9 Å². The molecule has 1 N–H and O–H groups in total. The fraction of sp³-hybridized carbons (Fsp3) is 0.286. The van der Waals surface area contributed by atoms with E-state index in [4.69, 9.17) is 45.1 Å². The lowest BCUT2D eigenvalue weighted by Crippen LogP contribution is -2.48. The molecule has 1 aliphatic heterocycles. The largest absolute Gasteiger partial charge is 0.496 e. The van der Waals surface area contributed by atoms with Gasteiger partial charge >= 0.3 is 5.97 Å². The van der Waals surface area contributed by atoms with Gasteiger partial charge in [-0.15, -0.1) is 11.3 Å². The number of carboxylic acid groups (broad SMARTS) is 1. The average molecular weight is 935 g/mol. The Hall–Kier alpha value is -6.27. The van der Waals surface area contributed by atoms with Crippen molar-refractivity contribution in [1.82, 2.24) is 29.9 Å². The maximum Gasteiger partial charge on any atom is 0.348 e. The van der Waals surface area contributed by atoms with E-state index < -0.39 is 23.5 Å². The molecule has 1 aliphatic rings. The molecule has 342 valence electrons. The molecule has 1 saturated heterocycles. The fourth-order valence-electron chi connectivity index (χ4n) is 7.98. The van der Waals surface area contributed by atoms with Crippen molar-refractivity contribution in [3.63, 3.8) is 0 Å². The molecule has 0 radical (unpaired) electrons. The molecule has 4 heterocycles. The Morgan fingerprint density at radius 2 is 1.62 bits per heavy atom. The standard InChI is InChI=1S/C49H48ClFN6O8S/c1-30-34(18-19-39(42(30)50)63-27-26-56-22-24-57(62-5)25-23-56)40-41-46(53-29-54-47(41)66-43(40)31-14-16-32(51)17-15-31)65-44(48(58)59)49(2,61-4)36-11-7-9-13-38(36)64-28-33-20-21-52-45(55-33)35-10-6-8-12-37(35)60-3/h6-21,29,44H,22-28H2,1-5H3,(H,58,59)/t44-,49?/m0/s1. The molecule has 0 amide bonds. The van der Waals surface area contributed by atoms with Gasteiger partial charge in [0.15, 0.2) is 5.82 Å². The summed E-state index contributed by atoms with van der Waals surface area (Å²) in [7, 11) is 4.68. The molecule has 0 spiro atoms. The first-order valence-corrected chi connectivity index (χ1v) is 22.3. The zero-order valence-electron chi connectivity index (χ0n) is 37.0. The third-order valence-electron chi connectivity index (χ3n) is 11.7. The van der Waals surface area contributed by atoms with Crippen molar-refractivity contribution in [2.24, 2.45) is 0 Å². The molecule has 1 unspecified atom stereocenters. The summed E-state index contributed by atoms with van der Waals surface area (Å²) in [6.45, 7) is 8.00. The van der Waals surface area contributed by atoms with Crippen LogP contribution in [0.15, 0.2) is 104 Å². The maximum absolute atomic E-state index is 14.3. The zero-order valence-corrected chi connectivity index (χ0v) is 38.6. The molecule has 66 heavy (non-hydrogen) atoms. The van der Waals surface area contributed by atoms with Crippen molar-refractivity contribution in [2.45, 2.75) is 32.2 Å². The van der Waals surface area contributed by atoms with Gasteiger partial charge in [0.05, 0.1) is 35.9 Å². The highest BCUT2D eigenvalue weighted by Crippen LogP contribution is 2.50. The van der Waals surface area contributed by atoms with E-state index in [0.29, 0.717) is 85.0 Å². The van der Waals surface area contributed by atoms with Gasteiger partial charge < -0.3 is 33.6 Å². The van der Waals surface area contributed by atoms with E-state index in [1.807, 2.05) is 48.4 Å². The van der Waals surface area contributed by atoms with Crippen LogP contribution in [0.1, 0.15) is 23.7 Å². The molecule has 2 atom stereocenters. The summed E-state index contributed by atoms with van der Waals surface area (Å²) in [4.78, 5) is 40.7. The third kappa shape index (κ3) is 9.65. The third-order valence-corrected chi connectivity index (χ3v) is 13.3. The van der Waals surface area contributed by atoms with Gasteiger partial charge in [-0.2, -0.15) is 5.06 Å². The second kappa shape index (κ2) is 20.5. The van der Waals surface area contributed by atoms with E-state index in [1.165, 1.54) is 36.9 Å². The Balaban J connectivity index is 1.13. The summed E-state index contributed by atoms with van der Waals surface area (Å²) in [5.41, 5.74) is 2.76. The Kier molecular flexibility index (Phi) is 14.4. The number of para-hydroxylation sites is 2. The molecular weight excluding hydrogens is 887 g/mol. The van der Waals surface area contributed by atoms with Gasteiger partial charge in [-0.05, 0) is 73.0 Å². The minimum absolute atomic E-state index is 0.0111. The molecular formula is C49H48ClFN6O8S. The molecule has 0 bridgehead atoms. The van der Waals surface area contributed by atoms with Crippen LogP contribution in [0.2, 0.25) is 5.02 Å². The van der Waals surface area contributed by atoms with Crippen molar-refractivity contribution in [2.75, 3.05) is 60.7 Å². The van der Waals surface area contributed by atoms with Crippen molar-refractivity contribution in [3.05, 3.63) is 131 Å². The van der Waals surface area contributed by atoms with Crippen LogP contribution in [0, 0.1) is 12.7 Å². The number of aromatic nitrogens is 4. The van der Waals surface area contributed by atoms with Crippen LogP contribution in [0.4, 0.5) is 4.39 Å². The van der Waals surface area contributed by atoms with Gasteiger partial charge in [-0.25, -0.2) is 29.1 Å². The number of hydrogen-bond acceptors (Lipinski definition) is 14. The van der Waals surface area contributed by atoms with Crippen molar-refractivity contribution < 1.29 is 42.8 Å². The summed E-state index contributed by atoms with van der Waals surface area (Å²) >= 11 is 8.43. The van der Waals surface area contributed by atoms with Crippen LogP contribution in [0.5, 0.6) is 23.1 Å². The number of piperazine rings is 1. The lowest BCUT2D eigenvalue weighted by molar-refractivity contribution is -0.163. The van der Waals surface area contributed by atoms with E-state index in [-0.39, 0.29) is 12.5 Å². The number of fused-ring (bicyclic) bond motifs is 1. The molecule has 4 aromatic carbocycles. The number of halogens is 2. The van der Waals surface area contributed by atoms with Crippen LogP contribution in [0.25, 0.3) is 43.2 Å². The number of methoxy groups -OCH3 is 2. The molecule has 1 fully saturated rings. The van der Waals surface area contributed by atoms with Crippen LogP contribution in [0.3, 0.4) is 0 Å². The number of carboxylic acids is 1. The van der Waals surface area contributed by atoms with Crippen molar-refractivity contribution in [1.29, 1.82) is 0 Å². The van der Waals surface area contributed by atoms with Gasteiger partial charge in [-0.3, -0.25) is 4.90 Å². The van der Waals surface area contributed by atoms with Gasteiger partial charge in [0.25, 0.3) is 0 Å². The minimum Gasteiger partial charge on any atom is -0.496 e. The Morgan fingerprint density at radius 3 is 2.35 bits per heavy atom. The Bertz CT molecular complexity index is 2830. The summed E-state index contributed by atoms with van der Waals surface area (Å²) in [5.74, 6) is 0.215. The number of thiophene rings is 1. The van der Waals surface area contributed by atoms with Crippen LogP contribution in [-0.2, 0) is 26.6 Å². The highest BCUT2D eigenvalue weighted by Gasteiger charge is 2.46. The monoisotopic (exact) mass is 934 g/mol. The predicted molar refractivity (Wildman–Crippen MR) is 250 cm³/mol. The van der Waals surface area contributed by atoms with Crippen molar-refractivity contribution in [3.8, 4) is 56.1 Å². The highest BCUT2D eigenvalue weighted by atomic mass is 35.5. The van der Waals surface area contributed by atoms with E-state index in [9.17, 15) is 14.3 Å². The summed E-state index contributed by atoms with van der Waals surface area (Å²) in [6.07, 6.45) is 1.28. The van der Waals surface area contributed by atoms with Crippen molar-refractivity contribution >= 4 is 39.1 Å². The fourth-order valence-corrected chi connectivity index (χ4v) is 9.35. The number of carbonyl (C=O) groups is 1. The normalized spacial score (nSPS) is 14.7. The maximum atomic E-state index is 14.3. The molecule has 0 saturated carbocycles. The van der Waals surface area contributed by atoms with Crippen LogP contribution >= 0.6 is 22.9 Å².